The lowest BCUT2D eigenvalue weighted by molar-refractivity contribution is 0.475. The van der Waals surface area contributed by atoms with Gasteiger partial charge in [0.15, 0.2) is 0 Å². The van der Waals surface area contributed by atoms with Gasteiger partial charge in [-0.3, -0.25) is 0 Å². The van der Waals surface area contributed by atoms with E-state index in [1.807, 2.05) is 0 Å². The Labute approximate surface area is 130 Å². The second-order valence-electron chi connectivity index (χ2n) is 4.99. The van der Waals surface area contributed by atoms with Crippen LogP contribution in [0.5, 0.6) is 0 Å². The van der Waals surface area contributed by atoms with Crippen LogP contribution in [-0.2, 0) is 10.0 Å². The molecule has 7 heteroatoms. The van der Waals surface area contributed by atoms with Crippen molar-refractivity contribution in [1.29, 1.82) is 0 Å². The predicted octanol–water partition coefficient (Wildman–Crippen LogP) is 3.26. The van der Waals surface area contributed by atoms with E-state index in [4.69, 9.17) is 5.73 Å². The molecule has 0 aromatic heterocycles. The highest BCUT2D eigenvalue weighted by molar-refractivity contribution is 9.11. The summed E-state index contributed by atoms with van der Waals surface area (Å²) in [5, 5.41) is 0. The first-order chi connectivity index (χ1) is 8.80. The summed E-state index contributed by atoms with van der Waals surface area (Å²) in [4.78, 5) is 0.202. The molecule has 1 fully saturated rings. The Morgan fingerprint density at radius 1 is 1.32 bits per heavy atom. The van der Waals surface area contributed by atoms with Crippen molar-refractivity contribution in [2.75, 3.05) is 12.3 Å². The maximum Gasteiger partial charge on any atom is 0.242 e. The fourth-order valence-corrected chi connectivity index (χ4v) is 5.76. The number of nitrogens with two attached hydrogens (primary N) is 1. The molecule has 1 aromatic carbocycles. The number of nitrogen functional groups attached to an aromatic ring is 1. The smallest absolute Gasteiger partial charge is 0.242 e. The Balaban J connectivity index is 2.25. The minimum absolute atomic E-state index is 0.166. The molecule has 0 heterocycles. The van der Waals surface area contributed by atoms with Gasteiger partial charge in [0.2, 0.25) is 10.0 Å². The van der Waals surface area contributed by atoms with Crippen LogP contribution < -0.4 is 10.5 Å². The fourth-order valence-electron chi connectivity index (χ4n) is 1.99. The summed E-state index contributed by atoms with van der Waals surface area (Å²) in [6, 6.07) is 3.18. The maximum absolute atomic E-state index is 12.4. The van der Waals surface area contributed by atoms with Gasteiger partial charge in [0.05, 0.1) is 0 Å². The lowest BCUT2D eigenvalue weighted by Gasteiger charge is -2.15. The lowest BCUT2D eigenvalue weighted by Crippen LogP contribution is -2.30. The third-order valence-electron chi connectivity index (χ3n) is 3.63. The zero-order valence-corrected chi connectivity index (χ0v) is 14.5. The molecule has 0 unspecified atom stereocenters. The second-order valence-corrected chi connectivity index (χ2v) is 8.40. The van der Waals surface area contributed by atoms with Crippen molar-refractivity contribution in [3.63, 3.8) is 0 Å². The summed E-state index contributed by atoms with van der Waals surface area (Å²) in [5.74, 6) is 0. The number of anilines is 1. The molecule has 1 saturated carbocycles. The van der Waals surface area contributed by atoms with E-state index in [-0.39, 0.29) is 10.3 Å². The van der Waals surface area contributed by atoms with Crippen LogP contribution in [0.25, 0.3) is 0 Å². The molecule has 19 heavy (non-hydrogen) atoms. The maximum atomic E-state index is 12.4. The van der Waals surface area contributed by atoms with Gasteiger partial charge in [0, 0.05) is 21.2 Å². The van der Waals surface area contributed by atoms with Crippen molar-refractivity contribution in [1.82, 2.24) is 4.72 Å². The molecule has 0 bridgehead atoms. The van der Waals surface area contributed by atoms with Crippen LogP contribution in [-0.4, -0.2) is 15.0 Å². The molecule has 1 aliphatic rings. The molecule has 1 aromatic rings. The highest BCUT2D eigenvalue weighted by Gasteiger charge is 2.41. The van der Waals surface area contributed by atoms with Gasteiger partial charge in [-0.15, -0.1) is 0 Å². The minimum Gasteiger partial charge on any atom is -0.399 e. The molecule has 1 aliphatic carbocycles. The molecule has 0 spiro atoms. The monoisotopic (exact) mass is 410 g/mol. The quantitative estimate of drug-likeness (QED) is 0.730. The van der Waals surface area contributed by atoms with E-state index in [1.54, 1.807) is 12.1 Å². The van der Waals surface area contributed by atoms with Crippen LogP contribution in [0.15, 0.2) is 26.0 Å². The third kappa shape index (κ3) is 3.32. The molecular weight excluding hydrogens is 396 g/mol. The fraction of sp³-hybridized carbons (Fsp3) is 0.500. The number of benzene rings is 1. The number of halogens is 2. The summed E-state index contributed by atoms with van der Waals surface area (Å²) in [5.41, 5.74) is 6.34. The molecule has 0 radical (unpaired) electrons. The van der Waals surface area contributed by atoms with E-state index >= 15 is 0 Å². The van der Waals surface area contributed by atoms with Crippen molar-refractivity contribution in [2.24, 2.45) is 5.41 Å². The number of hydrogen-bond acceptors (Lipinski definition) is 3. The van der Waals surface area contributed by atoms with Crippen LogP contribution in [0, 0.1) is 5.41 Å². The Kier molecular flexibility index (Phi) is 4.30. The van der Waals surface area contributed by atoms with Gasteiger partial charge in [-0.2, -0.15) is 0 Å². The summed E-state index contributed by atoms with van der Waals surface area (Å²) < 4.78 is 28.4. The van der Waals surface area contributed by atoms with E-state index < -0.39 is 10.0 Å². The molecule has 0 atom stereocenters. The number of rotatable bonds is 5. The minimum atomic E-state index is -3.54. The Bertz CT molecular complexity index is 575. The molecule has 0 aliphatic heterocycles. The Hall–Kier alpha value is -0.110. The normalized spacial score (nSPS) is 17.4. The summed E-state index contributed by atoms with van der Waals surface area (Å²) in [7, 11) is -3.54. The first kappa shape index (κ1) is 15.3. The van der Waals surface area contributed by atoms with Crippen LogP contribution in [0.1, 0.15) is 26.2 Å². The van der Waals surface area contributed by atoms with Crippen molar-refractivity contribution in [2.45, 2.75) is 31.1 Å². The SMILES string of the molecule is CCC1(CNS(=O)(=O)c2c(Br)cc(N)cc2Br)CC1. The number of nitrogens with one attached hydrogen (secondary N) is 1. The number of sulfonamides is 1. The summed E-state index contributed by atoms with van der Waals surface area (Å²) >= 11 is 6.52. The van der Waals surface area contributed by atoms with E-state index in [9.17, 15) is 8.42 Å². The molecule has 4 nitrogen and oxygen atoms in total. The van der Waals surface area contributed by atoms with Gasteiger partial charge in [0.25, 0.3) is 0 Å². The van der Waals surface area contributed by atoms with Gasteiger partial charge in [-0.25, -0.2) is 13.1 Å². The molecule has 0 saturated heterocycles. The first-order valence-corrected chi connectivity index (χ1v) is 9.11. The molecule has 106 valence electrons. The topological polar surface area (TPSA) is 72.2 Å². The van der Waals surface area contributed by atoms with E-state index in [1.165, 1.54) is 0 Å². The van der Waals surface area contributed by atoms with Gasteiger partial charge in [0.1, 0.15) is 4.90 Å². The highest BCUT2D eigenvalue weighted by Crippen LogP contribution is 2.48. The molecule has 2 rings (SSSR count). The standard InChI is InChI=1S/C12H16Br2N2O2S/c1-2-12(3-4-12)7-16-19(17,18)11-9(13)5-8(15)6-10(11)14/h5-6,16H,2-4,7,15H2,1H3. The van der Waals surface area contributed by atoms with E-state index in [0.29, 0.717) is 21.2 Å². The van der Waals surface area contributed by atoms with Crippen LogP contribution >= 0.6 is 31.9 Å². The average Bonchev–Trinajstić information content (AvgIpc) is 3.05. The second kappa shape index (κ2) is 5.35. The highest BCUT2D eigenvalue weighted by atomic mass is 79.9. The van der Waals surface area contributed by atoms with E-state index in [2.05, 4.69) is 43.5 Å². The molecule has 3 N–H and O–H groups in total. The Morgan fingerprint density at radius 3 is 2.26 bits per heavy atom. The number of hydrogen-bond donors (Lipinski definition) is 2. The summed E-state index contributed by atoms with van der Waals surface area (Å²) in [6.45, 7) is 2.59. The van der Waals surface area contributed by atoms with Crippen LogP contribution in [0.2, 0.25) is 0 Å². The Morgan fingerprint density at radius 2 is 1.84 bits per heavy atom. The zero-order chi connectivity index (χ0) is 14.3. The average molecular weight is 412 g/mol. The van der Waals surface area contributed by atoms with Crippen molar-refractivity contribution >= 4 is 47.6 Å². The van der Waals surface area contributed by atoms with Gasteiger partial charge >= 0.3 is 0 Å². The molecule has 0 amide bonds. The van der Waals surface area contributed by atoms with Crippen LogP contribution in [0.4, 0.5) is 5.69 Å². The van der Waals surface area contributed by atoms with Crippen molar-refractivity contribution < 1.29 is 8.42 Å². The van der Waals surface area contributed by atoms with Crippen LogP contribution in [0.3, 0.4) is 0 Å². The lowest BCUT2D eigenvalue weighted by atomic mass is 10.1. The van der Waals surface area contributed by atoms with Gasteiger partial charge < -0.3 is 5.73 Å². The first-order valence-electron chi connectivity index (χ1n) is 6.04. The van der Waals surface area contributed by atoms with Gasteiger partial charge in [-0.05, 0) is 68.7 Å². The zero-order valence-electron chi connectivity index (χ0n) is 10.5. The third-order valence-corrected chi connectivity index (χ3v) is 6.91. The summed E-state index contributed by atoms with van der Waals surface area (Å²) in [6.07, 6.45) is 3.19. The largest absolute Gasteiger partial charge is 0.399 e. The van der Waals surface area contributed by atoms with Gasteiger partial charge in [-0.1, -0.05) is 6.92 Å². The van der Waals surface area contributed by atoms with E-state index in [0.717, 1.165) is 19.3 Å². The predicted molar refractivity (Wildman–Crippen MR) is 83.4 cm³/mol. The van der Waals surface area contributed by atoms with Crippen molar-refractivity contribution in [3.05, 3.63) is 21.1 Å². The van der Waals surface area contributed by atoms with Crippen molar-refractivity contribution in [3.8, 4) is 0 Å². The molecular formula is C12H16Br2N2O2S.